The summed E-state index contributed by atoms with van der Waals surface area (Å²) in [5, 5.41) is 19.3. The highest BCUT2D eigenvalue weighted by molar-refractivity contribution is 9.10. The predicted molar refractivity (Wildman–Crippen MR) is 89.2 cm³/mol. The van der Waals surface area contributed by atoms with Crippen molar-refractivity contribution in [2.45, 2.75) is 0 Å². The molecule has 2 aromatic carbocycles. The fraction of sp³-hybridized carbons (Fsp3) is 0. The first-order chi connectivity index (χ1) is 10.5. The fourth-order valence-corrected chi connectivity index (χ4v) is 2.58. The summed E-state index contributed by atoms with van der Waals surface area (Å²) in [4.78, 5) is 12.1. The highest BCUT2D eigenvalue weighted by Crippen LogP contribution is 2.30. The molecule has 0 saturated carbocycles. The van der Waals surface area contributed by atoms with E-state index in [9.17, 15) is 9.90 Å². The first kappa shape index (κ1) is 14.8. The monoisotopic (exact) mass is 377 g/mol. The molecule has 110 valence electrons. The fourth-order valence-electron chi connectivity index (χ4n) is 2.14. The van der Waals surface area contributed by atoms with Gasteiger partial charge in [-0.25, -0.2) is 4.79 Å². The SMILES string of the molecule is N=C(c1ccc(Br)cc1)c1c(O)c2cc(Cl)ccc2oc1=O. The Labute approximate surface area is 138 Å². The minimum atomic E-state index is -0.764. The quantitative estimate of drug-likeness (QED) is 0.515. The van der Waals surface area contributed by atoms with Crippen LogP contribution in [0.4, 0.5) is 0 Å². The topological polar surface area (TPSA) is 74.3 Å². The molecular formula is C16H9BrClNO3. The maximum atomic E-state index is 12.1. The first-order valence-electron chi connectivity index (χ1n) is 6.27. The Balaban J connectivity index is 2.24. The Morgan fingerprint density at radius 1 is 1.18 bits per heavy atom. The van der Waals surface area contributed by atoms with Crippen LogP contribution in [0.25, 0.3) is 11.0 Å². The molecule has 4 nitrogen and oxygen atoms in total. The van der Waals surface area contributed by atoms with Gasteiger partial charge >= 0.3 is 5.63 Å². The van der Waals surface area contributed by atoms with Crippen molar-refractivity contribution in [3.63, 3.8) is 0 Å². The van der Waals surface area contributed by atoms with E-state index in [1.165, 1.54) is 12.1 Å². The van der Waals surface area contributed by atoms with E-state index in [0.717, 1.165) is 4.47 Å². The Morgan fingerprint density at radius 3 is 2.55 bits per heavy atom. The maximum Gasteiger partial charge on any atom is 0.349 e. The average Bonchev–Trinajstić information content (AvgIpc) is 2.49. The van der Waals surface area contributed by atoms with Gasteiger partial charge < -0.3 is 9.52 Å². The van der Waals surface area contributed by atoms with Gasteiger partial charge in [0.1, 0.15) is 16.9 Å². The van der Waals surface area contributed by atoms with Crippen LogP contribution in [-0.2, 0) is 0 Å². The highest BCUT2D eigenvalue weighted by Gasteiger charge is 2.19. The van der Waals surface area contributed by atoms with Gasteiger partial charge in [0.05, 0.1) is 11.1 Å². The summed E-state index contributed by atoms with van der Waals surface area (Å²) in [6.07, 6.45) is 0. The predicted octanol–water partition coefficient (Wildman–Crippen LogP) is 4.33. The Bertz CT molecular complexity index is 948. The number of halogens is 2. The van der Waals surface area contributed by atoms with Gasteiger partial charge in [0.2, 0.25) is 0 Å². The molecule has 0 fully saturated rings. The average molecular weight is 379 g/mol. The third kappa shape index (κ3) is 2.53. The molecule has 22 heavy (non-hydrogen) atoms. The number of aromatic hydroxyl groups is 1. The van der Waals surface area contributed by atoms with Gasteiger partial charge in [0.15, 0.2) is 0 Å². The van der Waals surface area contributed by atoms with Gasteiger partial charge in [0.25, 0.3) is 0 Å². The first-order valence-corrected chi connectivity index (χ1v) is 7.44. The highest BCUT2D eigenvalue weighted by atomic mass is 79.9. The minimum absolute atomic E-state index is 0.111. The lowest BCUT2D eigenvalue weighted by molar-refractivity contribution is 0.466. The number of hydrogen-bond acceptors (Lipinski definition) is 4. The van der Waals surface area contributed by atoms with E-state index in [2.05, 4.69) is 15.9 Å². The molecule has 1 aromatic heterocycles. The molecule has 0 atom stereocenters. The van der Waals surface area contributed by atoms with Gasteiger partial charge in [-0.3, -0.25) is 5.41 Å². The van der Waals surface area contributed by atoms with Crippen LogP contribution in [0, 0.1) is 5.41 Å². The number of rotatable bonds is 2. The molecular weight excluding hydrogens is 370 g/mol. The molecule has 0 saturated heterocycles. The number of hydrogen-bond donors (Lipinski definition) is 2. The van der Waals surface area contributed by atoms with E-state index in [1.54, 1.807) is 30.3 Å². The zero-order valence-corrected chi connectivity index (χ0v) is 13.4. The molecule has 2 N–H and O–H groups in total. The molecule has 0 bridgehead atoms. The van der Waals surface area contributed by atoms with E-state index in [-0.39, 0.29) is 22.6 Å². The minimum Gasteiger partial charge on any atom is -0.506 e. The molecule has 0 spiro atoms. The van der Waals surface area contributed by atoms with Crippen molar-refractivity contribution in [1.82, 2.24) is 0 Å². The lowest BCUT2D eigenvalue weighted by Gasteiger charge is -2.08. The van der Waals surface area contributed by atoms with E-state index >= 15 is 0 Å². The van der Waals surface area contributed by atoms with Crippen LogP contribution in [0.1, 0.15) is 11.1 Å². The molecule has 0 aliphatic heterocycles. The van der Waals surface area contributed by atoms with Crippen LogP contribution in [0.5, 0.6) is 5.75 Å². The third-order valence-electron chi connectivity index (χ3n) is 3.22. The van der Waals surface area contributed by atoms with E-state index in [0.29, 0.717) is 16.0 Å². The van der Waals surface area contributed by atoms with Crippen LogP contribution in [0.2, 0.25) is 5.02 Å². The van der Waals surface area contributed by atoms with Crippen LogP contribution in [-0.4, -0.2) is 10.8 Å². The molecule has 3 rings (SSSR count). The largest absolute Gasteiger partial charge is 0.506 e. The third-order valence-corrected chi connectivity index (χ3v) is 3.99. The van der Waals surface area contributed by atoms with Crippen LogP contribution in [0.3, 0.4) is 0 Å². The Kier molecular flexibility index (Phi) is 3.76. The maximum absolute atomic E-state index is 12.1. The van der Waals surface area contributed by atoms with E-state index in [4.69, 9.17) is 21.4 Å². The number of nitrogens with one attached hydrogen (secondary N) is 1. The summed E-state index contributed by atoms with van der Waals surface area (Å²) >= 11 is 9.21. The van der Waals surface area contributed by atoms with Crippen molar-refractivity contribution >= 4 is 44.2 Å². The Hall–Kier alpha value is -2.11. The van der Waals surface area contributed by atoms with Crippen LogP contribution < -0.4 is 5.63 Å². The van der Waals surface area contributed by atoms with Crippen molar-refractivity contribution in [2.75, 3.05) is 0 Å². The van der Waals surface area contributed by atoms with Gasteiger partial charge in [-0.05, 0) is 30.3 Å². The second-order valence-electron chi connectivity index (χ2n) is 4.64. The van der Waals surface area contributed by atoms with Crippen molar-refractivity contribution in [1.29, 1.82) is 5.41 Å². The summed E-state index contributed by atoms with van der Waals surface area (Å²) in [7, 11) is 0. The second kappa shape index (κ2) is 5.59. The summed E-state index contributed by atoms with van der Waals surface area (Å²) in [6.45, 7) is 0. The van der Waals surface area contributed by atoms with Crippen molar-refractivity contribution in [3.8, 4) is 5.75 Å². The van der Waals surface area contributed by atoms with Gasteiger partial charge in [0, 0.05) is 15.1 Å². The normalized spacial score (nSPS) is 10.8. The Morgan fingerprint density at radius 2 is 1.86 bits per heavy atom. The second-order valence-corrected chi connectivity index (χ2v) is 5.99. The lowest BCUT2D eigenvalue weighted by atomic mass is 10.0. The molecule has 0 aliphatic rings. The molecule has 0 radical (unpaired) electrons. The number of fused-ring (bicyclic) bond motifs is 1. The van der Waals surface area contributed by atoms with E-state index < -0.39 is 5.63 Å². The van der Waals surface area contributed by atoms with Gasteiger partial charge in [-0.2, -0.15) is 0 Å². The smallest absolute Gasteiger partial charge is 0.349 e. The standard InChI is InChI=1S/C16H9BrClNO3/c17-9-3-1-8(2-4-9)14(19)13-15(20)11-7-10(18)5-6-12(11)22-16(13)21/h1-7,19-20H. The molecule has 1 heterocycles. The number of benzene rings is 2. The summed E-state index contributed by atoms with van der Waals surface area (Å²) < 4.78 is 6.02. The summed E-state index contributed by atoms with van der Waals surface area (Å²) in [5.41, 5.74) is -0.343. The zero-order valence-electron chi connectivity index (χ0n) is 11.1. The van der Waals surface area contributed by atoms with Crippen molar-refractivity contribution < 1.29 is 9.52 Å². The van der Waals surface area contributed by atoms with Crippen molar-refractivity contribution in [2.24, 2.45) is 0 Å². The lowest BCUT2D eigenvalue weighted by Crippen LogP contribution is -2.15. The molecule has 0 amide bonds. The van der Waals surface area contributed by atoms with Gasteiger partial charge in [-0.15, -0.1) is 0 Å². The van der Waals surface area contributed by atoms with Crippen LogP contribution in [0.15, 0.2) is 56.1 Å². The zero-order chi connectivity index (χ0) is 15.9. The van der Waals surface area contributed by atoms with Crippen molar-refractivity contribution in [3.05, 3.63) is 73.5 Å². The van der Waals surface area contributed by atoms with Gasteiger partial charge in [-0.1, -0.05) is 39.7 Å². The summed E-state index contributed by atoms with van der Waals surface area (Å²) in [6, 6.07) is 11.4. The van der Waals surface area contributed by atoms with Crippen LogP contribution >= 0.6 is 27.5 Å². The summed E-state index contributed by atoms with van der Waals surface area (Å²) in [5.74, 6) is -0.304. The molecule has 3 aromatic rings. The molecule has 0 unspecified atom stereocenters. The van der Waals surface area contributed by atoms with E-state index in [1.807, 2.05) is 0 Å². The molecule has 6 heteroatoms. The molecule has 0 aliphatic carbocycles.